The molecular weight excluding hydrogens is 332 g/mol. The third-order valence-electron chi connectivity index (χ3n) is 4.36. The van der Waals surface area contributed by atoms with E-state index in [0.717, 1.165) is 39.1 Å². The monoisotopic (exact) mass is 354 g/mol. The smallest absolute Gasteiger partial charge is 0.320 e. The molecule has 0 aliphatic carbocycles. The minimum Gasteiger partial charge on any atom is -0.496 e. The summed E-state index contributed by atoms with van der Waals surface area (Å²) >= 11 is 0. The Morgan fingerprint density at radius 2 is 2.08 bits per heavy atom. The fraction of sp³-hybridized carbons (Fsp3) is 0.250. The Labute approximate surface area is 151 Å². The Hall–Kier alpha value is -2.99. The van der Waals surface area contributed by atoms with E-state index in [-0.39, 0.29) is 6.42 Å². The van der Waals surface area contributed by atoms with Crippen LogP contribution in [0.2, 0.25) is 0 Å². The van der Waals surface area contributed by atoms with E-state index in [0.29, 0.717) is 6.61 Å². The molecule has 136 valence electrons. The molecule has 6 heteroatoms. The van der Waals surface area contributed by atoms with Crippen LogP contribution >= 0.6 is 0 Å². The number of ether oxygens (including phenoxy) is 2. The number of benzene rings is 2. The van der Waals surface area contributed by atoms with Gasteiger partial charge < -0.3 is 25.3 Å². The highest BCUT2D eigenvalue weighted by Crippen LogP contribution is 2.25. The van der Waals surface area contributed by atoms with Crippen LogP contribution in [0, 0.1) is 6.92 Å². The number of fused-ring (bicyclic) bond motifs is 1. The van der Waals surface area contributed by atoms with Gasteiger partial charge in [0, 0.05) is 29.6 Å². The number of hydrogen-bond acceptors (Lipinski definition) is 4. The molecule has 26 heavy (non-hydrogen) atoms. The molecular formula is C20H22N2O4. The second-order valence-electron chi connectivity index (χ2n) is 6.26. The number of nitrogens with one attached hydrogen (secondary N) is 1. The lowest BCUT2D eigenvalue weighted by Gasteiger charge is -2.10. The van der Waals surface area contributed by atoms with Crippen molar-refractivity contribution in [3.63, 3.8) is 0 Å². The van der Waals surface area contributed by atoms with Gasteiger partial charge in [0.2, 0.25) is 0 Å². The maximum absolute atomic E-state index is 10.9. The van der Waals surface area contributed by atoms with E-state index in [1.165, 1.54) is 0 Å². The highest BCUT2D eigenvalue weighted by molar-refractivity contribution is 5.85. The maximum atomic E-state index is 10.9. The number of methoxy groups -OCH3 is 1. The lowest BCUT2D eigenvalue weighted by Crippen LogP contribution is -2.32. The first-order valence-corrected chi connectivity index (χ1v) is 8.32. The summed E-state index contributed by atoms with van der Waals surface area (Å²) in [7, 11) is 1.65. The van der Waals surface area contributed by atoms with E-state index >= 15 is 0 Å². The molecule has 0 amide bonds. The van der Waals surface area contributed by atoms with E-state index in [1.807, 2.05) is 43.3 Å². The first-order valence-electron chi connectivity index (χ1n) is 8.32. The van der Waals surface area contributed by atoms with Crippen LogP contribution in [0.3, 0.4) is 0 Å². The van der Waals surface area contributed by atoms with Crippen LogP contribution in [-0.4, -0.2) is 29.2 Å². The van der Waals surface area contributed by atoms with Gasteiger partial charge in [-0.05, 0) is 47.9 Å². The average molecular weight is 354 g/mol. The quantitative estimate of drug-likeness (QED) is 0.606. The first-order chi connectivity index (χ1) is 12.5. The van der Waals surface area contributed by atoms with Gasteiger partial charge in [-0.2, -0.15) is 0 Å². The molecule has 3 rings (SSSR count). The summed E-state index contributed by atoms with van der Waals surface area (Å²) in [5.74, 6) is 0.588. The van der Waals surface area contributed by atoms with E-state index in [4.69, 9.17) is 20.3 Å². The number of aromatic amines is 1. The normalized spacial score (nSPS) is 12.1. The number of carboxylic acid groups (broad SMARTS) is 1. The Bertz CT molecular complexity index is 933. The Kier molecular flexibility index (Phi) is 5.14. The standard InChI is InChI=1S/C20H22N2O4/c1-12-7-13(3-6-19(12)25-2)11-26-15-4-5-16-14(8-17(21)20(23)24)10-22-18(16)9-15/h3-7,9-10,17,22H,8,11,21H2,1-2H3,(H,23,24)/t17-/m0/s1. The number of aromatic nitrogens is 1. The molecule has 4 N–H and O–H groups in total. The van der Waals surface area contributed by atoms with Crippen molar-refractivity contribution in [2.24, 2.45) is 5.73 Å². The summed E-state index contributed by atoms with van der Waals surface area (Å²) in [6.07, 6.45) is 2.07. The van der Waals surface area contributed by atoms with Gasteiger partial charge in [-0.15, -0.1) is 0 Å². The van der Waals surface area contributed by atoms with E-state index in [2.05, 4.69) is 4.98 Å². The number of nitrogens with two attached hydrogens (primary N) is 1. The molecule has 1 aromatic heterocycles. The van der Waals surface area contributed by atoms with Crippen LogP contribution < -0.4 is 15.2 Å². The van der Waals surface area contributed by atoms with Gasteiger partial charge in [0.15, 0.2) is 0 Å². The zero-order valence-corrected chi connectivity index (χ0v) is 14.8. The molecule has 0 aliphatic rings. The minimum absolute atomic E-state index is 0.278. The predicted octanol–water partition coefficient (Wildman–Crippen LogP) is 3.02. The molecule has 0 radical (unpaired) electrons. The second-order valence-corrected chi connectivity index (χ2v) is 6.26. The van der Waals surface area contributed by atoms with Crippen molar-refractivity contribution >= 4 is 16.9 Å². The number of carbonyl (C=O) groups is 1. The summed E-state index contributed by atoms with van der Waals surface area (Å²) in [5, 5.41) is 9.92. The molecule has 0 spiro atoms. The summed E-state index contributed by atoms with van der Waals surface area (Å²) < 4.78 is 11.1. The summed E-state index contributed by atoms with van der Waals surface area (Å²) in [6, 6.07) is 10.7. The van der Waals surface area contributed by atoms with Crippen molar-refractivity contribution in [1.29, 1.82) is 0 Å². The lowest BCUT2D eigenvalue weighted by molar-refractivity contribution is -0.138. The SMILES string of the molecule is COc1ccc(COc2ccc3c(C[C@H](N)C(=O)O)c[nH]c3c2)cc1C. The van der Waals surface area contributed by atoms with E-state index < -0.39 is 12.0 Å². The molecule has 0 aliphatic heterocycles. The van der Waals surface area contributed by atoms with Crippen molar-refractivity contribution < 1.29 is 19.4 Å². The first kappa shape index (κ1) is 17.8. The van der Waals surface area contributed by atoms with Crippen molar-refractivity contribution in [1.82, 2.24) is 4.98 Å². The Balaban J connectivity index is 1.71. The largest absolute Gasteiger partial charge is 0.496 e. The zero-order valence-electron chi connectivity index (χ0n) is 14.8. The zero-order chi connectivity index (χ0) is 18.7. The van der Waals surface area contributed by atoms with Crippen molar-refractivity contribution in [3.8, 4) is 11.5 Å². The van der Waals surface area contributed by atoms with Gasteiger partial charge in [0.1, 0.15) is 24.1 Å². The molecule has 0 fully saturated rings. The van der Waals surface area contributed by atoms with Gasteiger partial charge >= 0.3 is 5.97 Å². The van der Waals surface area contributed by atoms with Crippen LogP contribution in [0.1, 0.15) is 16.7 Å². The van der Waals surface area contributed by atoms with Crippen molar-refractivity contribution in [3.05, 3.63) is 59.3 Å². The second kappa shape index (κ2) is 7.49. The number of aryl methyl sites for hydroxylation is 1. The van der Waals surface area contributed by atoms with Gasteiger partial charge in [0.25, 0.3) is 0 Å². The Morgan fingerprint density at radius 3 is 2.77 bits per heavy atom. The number of H-pyrrole nitrogens is 1. The highest BCUT2D eigenvalue weighted by atomic mass is 16.5. The topological polar surface area (TPSA) is 97.6 Å². The molecule has 1 atom stereocenters. The molecule has 0 bridgehead atoms. The molecule has 3 aromatic rings. The summed E-state index contributed by atoms with van der Waals surface area (Å²) in [5.41, 5.74) is 9.52. The van der Waals surface area contributed by atoms with Gasteiger partial charge in [-0.25, -0.2) is 0 Å². The number of carboxylic acids is 1. The molecule has 2 aromatic carbocycles. The fourth-order valence-corrected chi connectivity index (χ4v) is 2.95. The van der Waals surface area contributed by atoms with E-state index in [9.17, 15) is 4.79 Å². The van der Waals surface area contributed by atoms with Crippen molar-refractivity contribution in [2.75, 3.05) is 7.11 Å². The highest BCUT2D eigenvalue weighted by Gasteiger charge is 2.15. The molecule has 0 saturated carbocycles. The number of hydrogen-bond donors (Lipinski definition) is 3. The maximum Gasteiger partial charge on any atom is 0.320 e. The van der Waals surface area contributed by atoms with Crippen molar-refractivity contribution in [2.45, 2.75) is 26.0 Å². The van der Waals surface area contributed by atoms with Crippen LogP contribution in [0.25, 0.3) is 10.9 Å². The number of aliphatic carboxylic acids is 1. The third-order valence-corrected chi connectivity index (χ3v) is 4.36. The van der Waals surface area contributed by atoms with Crippen LogP contribution in [0.4, 0.5) is 0 Å². The third kappa shape index (κ3) is 3.81. The van der Waals surface area contributed by atoms with Crippen LogP contribution in [0.15, 0.2) is 42.6 Å². The summed E-state index contributed by atoms with van der Waals surface area (Å²) in [4.78, 5) is 14.1. The lowest BCUT2D eigenvalue weighted by atomic mass is 10.1. The van der Waals surface area contributed by atoms with Gasteiger partial charge in [-0.1, -0.05) is 6.07 Å². The van der Waals surface area contributed by atoms with Crippen LogP contribution in [-0.2, 0) is 17.8 Å². The molecule has 1 heterocycles. The fourth-order valence-electron chi connectivity index (χ4n) is 2.95. The number of rotatable bonds is 7. The summed E-state index contributed by atoms with van der Waals surface area (Å²) in [6.45, 7) is 2.45. The van der Waals surface area contributed by atoms with Crippen LogP contribution in [0.5, 0.6) is 11.5 Å². The van der Waals surface area contributed by atoms with Gasteiger partial charge in [0.05, 0.1) is 7.11 Å². The molecule has 6 nitrogen and oxygen atoms in total. The average Bonchev–Trinajstić information content (AvgIpc) is 3.02. The minimum atomic E-state index is -1.01. The predicted molar refractivity (Wildman–Crippen MR) is 99.7 cm³/mol. The Morgan fingerprint density at radius 1 is 1.27 bits per heavy atom. The van der Waals surface area contributed by atoms with Gasteiger partial charge in [-0.3, -0.25) is 4.79 Å². The molecule has 0 unspecified atom stereocenters. The van der Waals surface area contributed by atoms with E-state index in [1.54, 1.807) is 13.3 Å². The molecule has 0 saturated heterocycles.